The molecule has 0 aromatic heterocycles. The minimum atomic E-state index is -0.229. The van der Waals surface area contributed by atoms with Crippen LogP contribution in [0.4, 0.5) is 0 Å². The molecule has 0 saturated heterocycles. The lowest BCUT2D eigenvalue weighted by Gasteiger charge is -2.22. The van der Waals surface area contributed by atoms with Crippen LogP contribution in [0.25, 0.3) is 0 Å². The van der Waals surface area contributed by atoms with Crippen LogP contribution < -0.4 is 14.2 Å². The zero-order valence-electron chi connectivity index (χ0n) is 16.8. The number of benzene rings is 3. The van der Waals surface area contributed by atoms with Crippen molar-refractivity contribution in [1.29, 1.82) is 0 Å². The highest BCUT2D eigenvalue weighted by atomic mass is 16.6. The predicted octanol–water partition coefficient (Wildman–Crippen LogP) is 4.58. The smallest absolute Gasteiger partial charge is 0.292 e. The first-order valence-corrected chi connectivity index (χ1v) is 9.84. The summed E-state index contributed by atoms with van der Waals surface area (Å²) >= 11 is 0. The van der Waals surface area contributed by atoms with Crippen LogP contribution in [0.2, 0.25) is 0 Å². The first-order chi connectivity index (χ1) is 14.7. The fourth-order valence-corrected chi connectivity index (χ4v) is 3.08. The molecule has 30 heavy (non-hydrogen) atoms. The summed E-state index contributed by atoms with van der Waals surface area (Å²) in [6, 6.07) is 25.3. The normalized spacial score (nSPS) is 12.1. The fraction of sp³-hybridized carbons (Fsp3) is 0.160. The van der Waals surface area contributed by atoms with Crippen molar-refractivity contribution < 1.29 is 19.0 Å². The first-order valence-electron chi connectivity index (χ1n) is 9.84. The van der Waals surface area contributed by atoms with E-state index in [9.17, 15) is 4.79 Å². The van der Waals surface area contributed by atoms with Gasteiger partial charge >= 0.3 is 0 Å². The molecule has 1 amide bonds. The number of carbonyl (C=O) groups is 1. The van der Waals surface area contributed by atoms with Crippen LogP contribution in [0.5, 0.6) is 17.2 Å². The van der Waals surface area contributed by atoms with Crippen molar-refractivity contribution in [2.45, 2.75) is 13.0 Å². The molecule has 1 aliphatic rings. The second-order valence-corrected chi connectivity index (χ2v) is 7.05. The van der Waals surface area contributed by atoms with Crippen molar-refractivity contribution in [2.75, 3.05) is 13.6 Å². The van der Waals surface area contributed by atoms with Crippen LogP contribution in [0, 0.1) is 0 Å². The summed E-state index contributed by atoms with van der Waals surface area (Å²) in [5.41, 5.74) is 2.25. The number of rotatable bonds is 7. The van der Waals surface area contributed by atoms with Gasteiger partial charge in [-0.05, 0) is 29.7 Å². The third-order valence-corrected chi connectivity index (χ3v) is 4.81. The van der Waals surface area contributed by atoms with Crippen LogP contribution in [-0.4, -0.2) is 24.4 Å². The lowest BCUT2D eigenvalue weighted by Crippen LogP contribution is -2.32. The maximum absolute atomic E-state index is 12.7. The Morgan fingerprint density at radius 1 is 0.900 bits per heavy atom. The van der Waals surface area contributed by atoms with E-state index in [0.717, 1.165) is 12.0 Å². The second-order valence-electron chi connectivity index (χ2n) is 7.05. The molecule has 5 heteroatoms. The van der Waals surface area contributed by atoms with Gasteiger partial charge in [-0.2, -0.15) is 0 Å². The molecule has 0 N–H and O–H groups in total. The molecule has 0 atom stereocenters. The Balaban J connectivity index is 1.36. The van der Waals surface area contributed by atoms with E-state index in [1.807, 2.05) is 66.7 Å². The highest BCUT2D eigenvalue weighted by Gasteiger charge is 2.23. The van der Waals surface area contributed by atoms with Gasteiger partial charge in [0.05, 0.1) is 0 Å². The molecule has 5 nitrogen and oxygen atoms in total. The summed E-state index contributed by atoms with van der Waals surface area (Å²) in [6.07, 6.45) is 2.12. The van der Waals surface area contributed by atoms with Gasteiger partial charge in [0, 0.05) is 19.7 Å². The molecule has 0 aliphatic carbocycles. The highest BCUT2D eigenvalue weighted by molar-refractivity contribution is 5.92. The van der Waals surface area contributed by atoms with Crippen molar-refractivity contribution in [3.8, 4) is 17.2 Å². The molecule has 4 rings (SSSR count). The Hall–Kier alpha value is -3.73. The Bertz CT molecular complexity index is 1030. The van der Waals surface area contributed by atoms with Crippen LogP contribution >= 0.6 is 0 Å². The number of amides is 1. The zero-order valence-corrected chi connectivity index (χ0v) is 16.8. The first kappa shape index (κ1) is 19.6. The Morgan fingerprint density at radius 3 is 2.33 bits per heavy atom. The number of hydrogen-bond donors (Lipinski definition) is 0. The topological polar surface area (TPSA) is 48.0 Å². The lowest BCUT2D eigenvalue weighted by molar-refractivity contribution is -0.128. The quantitative estimate of drug-likeness (QED) is 0.582. The number of likely N-dealkylation sites (N-methyl/N-ethyl adjacent to an activating group) is 1. The monoisotopic (exact) mass is 401 g/mol. The summed E-state index contributed by atoms with van der Waals surface area (Å²) < 4.78 is 17.3. The van der Waals surface area contributed by atoms with Gasteiger partial charge in [0.25, 0.3) is 5.91 Å². The minimum absolute atomic E-state index is 0.151. The molecule has 0 saturated carbocycles. The second kappa shape index (κ2) is 9.18. The molecule has 0 bridgehead atoms. The molecule has 3 aromatic rings. The van der Waals surface area contributed by atoms with Gasteiger partial charge in [0.15, 0.2) is 11.5 Å². The van der Waals surface area contributed by atoms with E-state index in [2.05, 4.69) is 0 Å². The summed E-state index contributed by atoms with van der Waals surface area (Å²) in [5, 5.41) is 0. The summed E-state index contributed by atoms with van der Waals surface area (Å²) in [6.45, 7) is 1.03. The van der Waals surface area contributed by atoms with Gasteiger partial charge in [-0.1, -0.05) is 60.7 Å². The molecule has 0 unspecified atom stereocenters. The molecule has 152 valence electrons. The molecule has 0 fully saturated rings. The predicted molar refractivity (Wildman–Crippen MR) is 114 cm³/mol. The summed E-state index contributed by atoms with van der Waals surface area (Å²) in [4.78, 5) is 14.4. The number of carbonyl (C=O) groups excluding carboxylic acids is 1. The van der Waals surface area contributed by atoms with Gasteiger partial charge < -0.3 is 19.1 Å². The van der Waals surface area contributed by atoms with E-state index >= 15 is 0 Å². The molecular formula is C25H23NO4. The van der Waals surface area contributed by atoms with Crippen molar-refractivity contribution >= 4 is 5.91 Å². The molecule has 0 spiro atoms. The van der Waals surface area contributed by atoms with Gasteiger partial charge in [0.2, 0.25) is 5.76 Å². The summed E-state index contributed by atoms with van der Waals surface area (Å²) in [7, 11) is 1.75. The molecule has 1 heterocycles. The largest absolute Gasteiger partial charge is 0.489 e. The van der Waals surface area contributed by atoms with Gasteiger partial charge in [-0.3, -0.25) is 4.79 Å². The molecule has 0 radical (unpaired) electrons. The molecule has 3 aromatic carbocycles. The third-order valence-electron chi connectivity index (χ3n) is 4.81. The minimum Gasteiger partial charge on any atom is -0.489 e. The highest BCUT2D eigenvalue weighted by Crippen LogP contribution is 2.36. The van der Waals surface area contributed by atoms with Crippen molar-refractivity contribution in [1.82, 2.24) is 4.90 Å². The number of ether oxygens (including phenoxy) is 3. The zero-order chi connectivity index (χ0) is 20.8. The number of hydrogen-bond acceptors (Lipinski definition) is 4. The lowest BCUT2D eigenvalue weighted by atomic mass is 10.1. The van der Waals surface area contributed by atoms with Crippen molar-refractivity contribution in [2.24, 2.45) is 0 Å². The number of nitrogens with zero attached hydrogens (tertiary/aromatic N) is 1. The van der Waals surface area contributed by atoms with Crippen LogP contribution in [-0.2, 0) is 17.8 Å². The third kappa shape index (κ3) is 4.81. The van der Waals surface area contributed by atoms with Gasteiger partial charge in [0.1, 0.15) is 18.6 Å². The van der Waals surface area contributed by atoms with Crippen LogP contribution in [0.1, 0.15) is 11.1 Å². The Labute approximate surface area is 176 Å². The van der Waals surface area contributed by atoms with E-state index in [0.29, 0.717) is 30.4 Å². The van der Waals surface area contributed by atoms with Crippen LogP contribution in [0.15, 0.2) is 90.9 Å². The maximum atomic E-state index is 12.7. The van der Waals surface area contributed by atoms with Gasteiger partial charge in [-0.25, -0.2) is 0 Å². The van der Waals surface area contributed by atoms with E-state index in [1.54, 1.807) is 24.1 Å². The van der Waals surface area contributed by atoms with Gasteiger partial charge in [-0.15, -0.1) is 0 Å². The van der Waals surface area contributed by atoms with E-state index in [4.69, 9.17) is 14.2 Å². The standard InChI is InChI=1S/C25H23NO4/c1-26(15-14-19-8-4-2-5-9-19)25(27)24-18-29-22-13-12-21(16-23(22)30-24)28-17-20-10-6-3-7-11-20/h2-13,16,18H,14-15,17H2,1H3. The fourth-order valence-electron chi connectivity index (χ4n) is 3.08. The average Bonchev–Trinajstić information content (AvgIpc) is 2.81. The number of fused-ring (bicyclic) bond motifs is 1. The van der Waals surface area contributed by atoms with E-state index < -0.39 is 0 Å². The Kier molecular flexibility index (Phi) is 5.99. The van der Waals surface area contributed by atoms with E-state index in [-0.39, 0.29) is 11.7 Å². The van der Waals surface area contributed by atoms with E-state index in [1.165, 1.54) is 11.8 Å². The SMILES string of the molecule is CN(CCc1ccccc1)C(=O)C1=COc2ccc(OCc3ccccc3)cc2O1. The van der Waals surface area contributed by atoms with Crippen LogP contribution in [0.3, 0.4) is 0 Å². The molecular weight excluding hydrogens is 378 g/mol. The molecule has 1 aliphatic heterocycles. The summed E-state index contributed by atoms with van der Waals surface area (Å²) in [5.74, 6) is 1.58. The van der Waals surface area contributed by atoms with Crippen molar-refractivity contribution in [3.05, 3.63) is 102 Å². The maximum Gasteiger partial charge on any atom is 0.292 e. The Morgan fingerprint density at radius 2 is 1.60 bits per heavy atom. The average molecular weight is 401 g/mol. The van der Waals surface area contributed by atoms with Crippen molar-refractivity contribution in [3.63, 3.8) is 0 Å².